The van der Waals surface area contributed by atoms with E-state index in [2.05, 4.69) is 10.3 Å². The third kappa shape index (κ3) is 5.07. The molecule has 0 radical (unpaired) electrons. The van der Waals surface area contributed by atoms with Crippen LogP contribution in [0.2, 0.25) is 0 Å². The summed E-state index contributed by atoms with van der Waals surface area (Å²) >= 11 is 0. The van der Waals surface area contributed by atoms with Gasteiger partial charge in [-0.25, -0.2) is 8.42 Å². The number of sulfone groups is 1. The fourth-order valence-corrected chi connectivity index (χ4v) is 4.60. The Kier molecular flexibility index (Phi) is 7.05. The standard InChI is InChI=1S/C23H26N2O7S/c1-3-29-11-5-10-24-22-23(25-21(32-22)16-6-4-7-17(14-16)28-2)33(26,27)18-8-9-19-20(15-18)31-13-12-30-19/h4,6-9,14-15,24H,3,5,10-13H2,1-2H3. The molecule has 9 nitrogen and oxygen atoms in total. The van der Waals surface area contributed by atoms with Crippen molar-refractivity contribution in [3.8, 4) is 28.7 Å². The number of oxazole rings is 1. The zero-order valence-corrected chi connectivity index (χ0v) is 19.3. The molecule has 2 aromatic carbocycles. The van der Waals surface area contributed by atoms with Crippen LogP contribution in [-0.4, -0.2) is 53.5 Å². The van der Waals surface area contributed by atoms with Crippen LogP contribution in [-0.2, 0) is 14.6 Å². The maximum Gasteiger partial charge on any atom is 0.233 e. The van der Waals surface area contributed by atoms with E-state index in [0.29, 0.717) is 62.2 Å². The van der Waals surface area contributed by atoms with Gasteiger partial charge in [-0.05, 0) is 43.7 Å². The van der Waals surface area contributed by atoms with Crippen molar-refractivity contribution in [2.24, 2.45) is 0 Å². The summed E-state index contributed by atoms with van der Waals surface area (Å²) in [5, 5.41) is 2.85. The van der Waals surface area contributed by atoms with Gasteiger partial charge in [0, 0.05) is 31.4 Å². The molecule has 0 atom stereocenters. The smallest absolute Gasteiger partial charge is 0.233 e. The number of anilines is 1. The second-order valence-corrected chi connectivity index (χ2v) is 9.04. The van der Waals surface area contributed by atoms with Crippen molar-refractivity contribution in [3.05, 3.63) is 42.5 Å². The van der Waals surface area contributed by atoms with Crippen LogP contribution in [0.15, 0.2) is 56.8 Å². The minimum atomic E-state index is -4.02. The molecule has 0 aliphatic carbocycles. The monoisotopic (exact) mass is 474 g/mol. The Bertz CT molecular complexity index is 1210. The molecule has 33 heavy (non-hydrogen) atoms. The fraction of sp³-hybridized carbons (Fsp3) is 0.348. The van der Waals surface area contributed by atoms with Gasteiger partial charge >= 0.3 is 0 Å². The summed E-state index contributed by atoms with van der Waals surface area (Å²) in [6, 6.07) is 11.6. The fourth-order valence-electron chi connectivity index (χ4n) is 3.30. The molecule has 1 aliphatic rings. The number of ether oxygens (including phenoxy) is 4. The van der Waals surface area contributed by atoms with Crippen molar-refractivity contribution in [2.75, 3.05) is 45.4 Å². The molecule has 0 spiro atoms. The molecule has 2 heterocycles. The van der Waals surface area contributed by atoms with Crippen LogP contribution in [0.4, 0.5) is 5.88 Å². The van der Waals surface area contributed by atoms with Gasteiger partial charge in [0.05, 0.1) is 12.0 Å². The number of nitrogens with zero attached hydrogens (tertiary/aromatic N) is 1. The van der Waals surface area contributed by atoms with E-state index in [4.69, 9.17) is 23.4 Å². The maximum absolute atomic E-state index is 13.5. The highest BCUT2D eigenvalue weighted by atomic mass is 32.2. The largest absolute Gasteiger partial charge is 0.497 e. The molecular weight excluding hydrogens is 448 g/mol. The van der Waals surface area contributed by atoms with E-state index < -0.39 is 9.84 Å². The molecule has 3 aromatic rings. The van der Waals surface area contributed by atoms with Crippen LogP contribution >= 0.6 is 0 Å². The average molecular weight is 475 g/mol. The van der Waals surface area contributed by atoms with Crippen LogP contribution in [0.5, 0.6) is 17.2 Å². The SMILES string of the molecule is CCOCCCNc1oc(-c2cccc(OC)c2)nc1S(=O)(=O)c1ccc2c(c1)OCCO2. The molecule has 0 saturated heterocycles. The van der Waals surface area contributed by atoms with E-state index in [1.54, 1.807) is 37.4 Å². The number of fused-ring (bicyclic) bond motifs is 1. The number of benzene rings is 2. The second-order valence-electron chi connectivity index (χ2n) is 7.17. The molecular formula is C23H26N2O7S. The minimum absolute atomic E-state index is 0.0367. The number of rotatable bonds is 10. The van der Waals surface area contributed by atoms with Gasteiger partial charge < -0.3 is 28.7 Å². The van der Waals surface area contributed by atoms with Crippen molar-refractivity contribution in [1.29, 1.82) is 0 Å². The van der Waals surface area contributed by atoms with E-state index in [-0.39, 0.29) is 21.7 Å². The molecule has 4 rings (SSSR count). The highest BCUT2D eigenvalue weighted by Gasteiger charge is 2.30. The van der Waals surface area contributed by atoms with Crippen LogP contribution in [0.3, 0.4) is 0 Å². The van der Waals surface area contributed by atoms with E-state index in [1.165, 1.54) is 12.1 Å². The predicted octanol–water partition coefficient (Wildman–Crippen LogP) is 3.79. The lowest BCUT2D eigenvalue weighted by Crippen LogP contribution is -2.16. The van der Waals surface area contributed by atoms with E-state index in [0.717, 1.165) is 0 Å². The van der Waals surface area contributed by atoms with Crippen LogP contribution in [0.25, 0.3) is 11.5 Å². The summed E-state index contributed by atoms with van der Waals surface area (Å²) in [7, 11) is -2.47. The maximum atomic E-state index is 13.5. The zero-order chi connectivity index (χ0) is 23.3. The molecule has 0 amide bonds. The number of hydrogen-bond acceptors (Lipinski definition) is 9. The normalized spacial score (nSPS) is 13.0. The van der Waals surface area contributed by atoms with Crippen molar-refractivity contribution in [2.45, 2.75) is 23.3 Å². The molecule has 10 heteroatoms. The van der Waals surface area contributed by atoms with Crippen molar-refractivity contribution >= 4 is 15.7 Å². The van der Waals surface area contributed by atoms with Gasteiger partial charge in [-0.15, -0.1) is 0 Å². The first-order valence-corrected chi connectivity index (χ1v) is 12.1. The van der Waals surface area contributed by atoms with Crippen LogP contribution < -0.4 is 19.5 Å². The van der Waals surface area contributed by atoms with Crippen molar-refractivity contribution < 1.29 is 31.8 Å². The molecule has 1 N–H and O–H groups in total. The van der Waals surface area contributed by atoms with Crippen molar-refractivity contribution in [1.82, 2.24) is 4.98 Å². The number of hydrogen-bond donors (Lipinski definition) is 1. The quantitative estimate of drug-likeness (QED) is 0.439. The molecule has 0 unspecified atom stereocenters. The van der Waals surface area contributed by atoms with Gasteiger partial charge in [0.1, 0.15) is 19.0 Å². The first-order valence-electron chi connectivity index (χ1n) is 10.6. The molecule has 0 saturated carbocycles. The van der Waals surface area contributed by atoms with Gasteiger partial charge in [-0.2, -0.15) is 4.98 Å². The van der Waals surface area contributed by atoms with E-state index in [1.807, 2.05) is 6.92 Å². The molecule has 1 aliphatic heterocycles. The summed E-state index contributed by atoms with van der Waals surface area (Å²) in [6.07, 6.45) is 0.673. The second kappa shape index (κ2) is 10.1. The number of nitrogens with one attached hydrogen (secondary N) is 1. The number of methoxy groups -OCH3 is 1. The van der Waals surface area contributed by atoms with Gasteiger partial charge in [0.2, 0.25) is 26.6 Å². The van der Waals surface area contributed by atoms with Crippen LogP contribution in [0.1, 0.15) is 13.3 Å². The Morgan fingerprint density at radius 2 is 1.91 bits per heavy atom. The first kappa shape index (κ1) is 22.9. The summed E-state index contributed by atoms with van der Waals surface area (Å²) in [5.41, 5.74) is 0.593. The third-order valence-corrected chi connectivity index (χ3v) is 6.61. The summed E-state index contributed by atoms with van der Waals surface area (Å²) in [6.45, 7) is 4.31. The molecule has 1 aromatic heterocycles. The topological polar surface area (TPSA) is 109 Å². The van der Waals surface area contributed by atoms with Gasteiger partial charge in [-0.1, -0.05) is 6.07 Å². The summed E-state index contributed by atoms with van der Waals surface area (Å²) < 4.78 is 54.6. The van der Waals surface area contributed by atoms with Gasteiger partial charge in [0.15, 0.2) is 11.5 Å². The predicted molar refractivity (Wildman–Crippen MR) is 121 cm³/mol. The molecule has 0 fully saturated rings. The Morgan fingerprint density at radius 3 is 2.70 bits per heavy atom. The molecule has 0 bridgehead atoms. The average Bonchev–Trinajstić information content (AvgIpc) is 3.29. The number of aromatic nitrogens is 1. The Balaban J connectivity index is 1.70. The lowest BCUT2D eigenvalue weighted by atomic mass is 10.2. The van der Waals surface area contributed by atoms with Crippen molar-refractivity contribution in [3.63, 3.8) is 0 Å². The van der Waals surface area contributed by atoms with Crippen LogP contribution in [0, 0.1) is 0 Å². The third-order valence-electron chi connectivity index (χ3n) is 4.95. The summed E-state index contributed by atoms with van der Waals surface area (Å²) in [4.78, 5) is 4.39. The molecule has 176 valence electrons. The Hall–Kier alpha value is -3.24. The highest BCUT2D eigenvalue weighted by Crippen LogP contribution is 2.37. The lowest BCUT2D eigenvalue weighted by molar-refractivity contribution is 0.147. The Labute approximate surface area is 192 Å². The summed E-state index contributed by atoms with van der Waals surface area (Å²) in [5.74, 6) is 1.72. The highest BCUT2D eigenvalue weighted by molar-refractivity contribution is 7.91. The van der Waals surface area contributed by atoms with Gasteiger partial charge in [-0.3, -0.25) is 0 Å². The lowest BCUT2D eigenvalue weighted by Gasteiger charge is -2.18. The van der Waals surface area contributed by atoms with Gasteiger partial charge in [0.25, 0.3) is 0 Å². The minimum Gasteiger partial charge on any atom is -0.497 e. The first-order chi connectivity index (χ1) is 16.0. The van der Waals surface area contributed by atoms with E-state index >= 15 is 0 Å². The Morgan fingerprint density at radius 1 is 1.09 bits per heavy atom. The zero-order valence-electron chi connectivity index (χ0n) is 18.5. The van der Waals surface area contributed by atoms with E-state index in [9.17, 15) is 8.42 Å².